The molecule has 1 nitrogen and oxygen atoms in total. The molecule has 0 aliphatic heterocycles. The largest absolute Gasteiger partial charge is 0.364 e. The Morgan fingerprint density at radius 3 is 1.43 bits per heavy atom. The van der Waals surface area contributed by atoms with Crippen LogP contribution in [-0.2, 0) is 4.74 Å². The smallest absolute Gasteiger partial charge is 0.0942 e. The summed E-state index contributed by atoms with van der Waals surface area (Å²) < 4.78 is 6.22. The maximum absolute atomic E-state index is 6.22. The monoisotopic (exact) mass is 274 g/mol. The Bertz CT molecular complexity index is 559. The molecule has 0 heterocycles. The predicted molar refractivity (Wildman–Crippen MR) is 86.4 cm³/mol. The van der Waals surface area contributed by atoms with E-state index in [1.54, 1.807) is 0 Å². The second kappa shape index (κ2) is 7.95. The number of hydrogen-bond donors (Lipinski definition) is 0. The van der Waals surface area contributed by atoms with Crippen molar-refractivity contribution in [2.45, 2.75) is 25.0 Å². The van der Waals surface area contributed by atoms with E-state index < -0.39 is 0 Å². The summed E-state index contributed by atoms with van der Waals surface area (Å²) in [6, 6.07) is 20.0. The summed E-state index contributed by atoms with van der Waals surface area (Å²) in [6.07, 6.45) is 11.7. The summed E-state index contributed by atoms with van der Waals surface area (Å²) in [4.78, 5) is 0. The van der Waals surface area contributed by atoms with E-state index in [2.05, 4.69) is 11.8 Å². The quantitative estimate of drug-likeness (QED) is 0.703. The molecule has 104 valence electrons. The molecule has 0 N–H and O–H groups in total. The summed E-state index contributed by atoms with van der Waals surface area (Å²) in [6.45, 7) is 0. The molecule has 0 aromatic heterocycles. The van der Waals surface area contributed by atoms with Crippen molar-refractivity contribution in [2.75, 3.05) is 0 Å². The highest BCUT2D eigenvalue weighted by atomic mass is 16.5. The van der Waals surface area contributed by atoms with Crippen molar-refractivity contribution in [3.8, 4) is 24.7 Å². The maximum Gasteiger partial charge on any atom is 0.0942 e. The lowest BCUT2D eigenvalue weighted by molar-refractivity contribution is -0.00974. The predicted octanol–water partition coefficient (Wildman–Crippen LogP) is 4.53. The minimum Gasteiger partial charge on any atom is -0.364 e. The van der Waals surface area contributed by atoms with Crippen molar-refractivity contribution in [3.63, 3.8) is 0 Å². The van der Waals surface area contributed by atoms with Gasteiger partial charge >= 0.3 is 0 Å². The van der Waals surface area contributed by atoms with Gasteiger partial charge in [0.15, 0.2) is 0 Å². The third kappa shape index (κ3) is 4.25. The molecule has 2 unspecified atom stereocenters. The van der Waals surface area contributed by atoms with Gasteiger partial charge in [-0.1, -0.05) is 60.7 Å². The highest BCUT2D eigenvalue weighted by Crippen LogP contribution is 2.30. The molecule has 0 saturated heterocycles. The third-order valence-corrected chi connectivity index (χ3v) is 3.28. The van der Waals surface area contributed by atoms with Crippen LogP contribution < -0.4 is 0 Å². The van der Waals surface area contributed by atoms with E-state index in [1.807, 2.05) is 60.7 Å². The van der Waals surface area contributed by atoms with Gasteiger partial charge in [0.25, 0.3) is 0 Å². The molecule has 0 aliphatic rings. The first kappa shape index (κ1) is 14.9. The molecule has 0 radical (unpaired) electrons. The minimum atomic E-state index is -0.144. The molecule has 0 amide bonds. The van der Waals surface area contributed by atoms with Gasteiger partial charge in [-0.15, -0.1) is 24.7 Å². The van der Waals surface area contributed by atoms with Crippen molar-refractivity contribution >= 4 is 0 Å². The number of rotatable bonds is 6. The summed E-state index contributed by atoms with van der Waals surface area (Å²) in [5.74, 6) is 5.38. The lowest BCUT2D eigenvalue weighted by atomic mass is 10.0. The Balaban J connectivity index is 2.21. The molecule has 2 rings (SSSR count). The molecular formula is C20H18O. The molecule has 21 heavy (non-hydrogen) atoms. The van der Waals surface area contributed by atoms with Gasteiger partial charge in [-0.2, -0.15) is 0 Å². The van der Waals surface area contributed by atoms with Crippen molar-refractivity contribution in [3.05, 3.63) is 71.8 Å². The molecular weight excluding hydrogens is 256 g/mol. The van der Waals surface area contributed by atoms with Crippen molar-refractivity contribution in [2.24, 2.45) is 0 Å². The minimum absolute atomic E-state index is 0.144. The summed E-state index contributed by atoms with van der Waals surface area (Å²) in [7, 11) is 0. The molecule has 2 aromatic rings. The number of terminal acetylenes is 2. The van der Waals surface area contributed by atoms with E-state index in [0.717, 1.165) is 11.1 Å². The summed E-state index contributed by atoms with van der Waals surface area (Å²) in [5, 5.41) is 0. The molecule has 0 fully saturated rings. The van der Waals surface area contributed by atoms with Gasteiger partial charge in [0.2, 0.25) is 0 Å². The Morgan fingerprint density at radius 2 is 1.10 bits per heavy atom. The highest BCUT2D eigenvalue weighted by molar-refractivity contribution is 5.22. The van der Waals surface area contributed by atoms with Crippen LogP contribution in [0.2, 0.25) is 0 Å². The standard InChI is InChI=1S/C20H18O/c1-3-11-19(17-13-7-5-8-14-17)21-20(12-4-2)18-15-9-6-10-16-18/h1-2,5-10,13-16,19-20H,11-12H2. The van der Waals surface area contributed by atoms with E-state index in [4.69, 9.17) is 17.6 Å². The van der Waals surface area contributed by atoms with Gasteiger partial charge in [-0.3, -0.25) is 0 Å². The fraction of sp³-hybridized carbons (Fsp3) is 0.200. The van der Waals surface area contributed by atoms with Crippen LogP contribution >= 0.6 is 0 Å². The van der Waals surface area contributed by atoms with Crippen LogP contribution in [0.5, 0.6) is 0 Å². The SMILES string of the molecule is C#CCC(OC(CC#C)c1ccccc1)c1ccccc1. The van der Waals surface area contributed by atoms with Crippen LogP contribution in [0, 0.1) is 24.7 Å². The van der Waals surface area contributed by atoms with E-state index in [-0.39, 0.29) is 12.2 Å². The summed E-state index contributed by atoms with van der Waals surface area (Å²) in [5.41, 5.74) is 2.15. The van der Waals surface area contributed by atoms with Crippen LogP contribution in [0.1, 0.15) is 36.2 Å². The van der Waals surface area contributed by atoms with Crippen LogP contribution in [0.3, 0.4) is 0 Å². The van der Waals surface area contributed by atoms with Crippen LogP contribution in [0.15, 0.2) is 60.7 Å². The van der Waals surface area contributed by atoms with Crippen LogP contribution in [0.25, 0.3) is 0 Å². The fourth-order valence-corrected chi connectivity index (χ4v) is 2.24. The zero-order valence-electron chi connectivity index (χ0n) is 11.9. The first-order valence-corrected chi connectivity index (χ1v) is 6.97. The molecule has 2 atom stereocenters. The molecule has 0 aliphatic carbocycles. The average molecular weight is 274 g/mol. The van der Waals surface area contributed by atoms with Gasteiger partial charge in [0.1, 0.15) is 0 Å². The molecule has 2 aromatic carbocycles. The Morgan fingerprint density at radius 1 is 0.714 bits per heavy atom. The highest BCUT2D eigenvalue weighted by Gasteiger charge is 2.18. The van der Waals surface area contributed by atoms with Gasteiger partial charge in [0.05, 0.1) is 12.2 Å². The first-order chi connectivity index (χ1) is 10.3. The lowest BCUT2D eigenvalue weighted by Crippen LogP contribution is -2.10. The van der Waals surface area contributed by atoms with Crippen LogP contribution in [-0.4, -0.2) is 0 Å². The molecule has 0 saturated carbocycles. The maximum atomic E-state index is 6.22. The van der Waals surface area contributed by atoms with E-state index in [1.165, 1.54) is 0 Å². The second-order valence-corrected chi connectivity index (χ2v) is 4.75. The molecule has 0 spiro atoms. The zero-order chi connectivity index (χ0) is 14.9. The van der Waals surface area contributed by atoms with E-state index in [0.29, 0.717) is 12.8 Å². The average Bonchev–Trinajstić information content (AvgIpc) is 2.55. The second-order valence-electron chi connectivity index (χ2n) is 4.75. The van der Waals surface area contributed by atoms with Crippen LogP contribution in [0.4, 0.5) is 0 Å². The van der Waals surface area contributed by atoms with Gasteiger partial charge in [-0.25, -0.2) is 0 Å². The number of ether oxygens (including phenoxy) is 1. The van der Waals surface area contributed by atoms with Gasteiger partial charge < -0.3 is 4.74 Å². The Labute approximate surface area is 127 Å². The fourth-order valence-electron chi connectivity index (χ4n) is 2.24. The zero-order valence-corrected chi connectivity index (χ0v) is 11.9. The lowest BCUT2D eigenvalue weighted by Gasteiger charge is -2.23. The summed E-state index contributed by atoms with van der Waals surface area (Å²) >= 11 is 0. The Kier molecular flexibility index (Phi) is 5.65. The van der Waals surface area contributed by atoms with Gasteiger partial charge in [-0.05, 0) is 11.1 Å². The number of benzene rings is 2. The van der Waals surface area contributed by atoms with E-state index >= 15 is 0 Å². The van der Waals surface area contributed by atoms with Gasteiger partial charge in [0, 0.05) is 12.8 Å². The third-order valence-electron chi connectivity index (χ3n) is 3.28. The molecule has 0 bridgehead atoms. The van der Waals surface area contributed by atoms with Crippen molar-refractivity contribution in [1.29, 1.82) is 0 Å². The normalized spacial score (nSPS) is 12.9. The van der Waals surface area contributed by atoms with E-state index in [9.17, 15) is 0 Å². The van der Waals surface area contributed by atoms with Crippen molar-refractivity contribution in [1.82, 2.24) is 0 Å². The Hall–Kier alpha value is -2.48. The number of hydrogen-bond acceptors (Lipinski definition) is 1. The topological polar surface area (TPSA) is 9.23 Å². The molecule has 1 heteroatoms. The van der Waals surface area contributed by atoms with Crippen molar-refractivity contribution < 1.29 is 4.74 Å². The first-order valence-electron chi connectivity index (χ1n) is 6.97.